The molecule has 0 aliphatic carbocycles. The molecule has 1 aliphatic rings. The lowest BCUT2D eigenvalue weighted by Crippen LogP contribution is -2.51. The minimum atomic E-state index is 0.517. The standard InChI is InChI=1S/C16H20N4/c1-2-5-14(6-3-1)11-16-13-20(10-9-17-16)12-15-7-4-8-18-19-15/h1-8,16-17H,9-13H2. The third-order valence-electron chi connectivity index (χ3n) is 3.68. The van der Waals surface area contributed by atoms with Gasteiger partial charge in [-0.05, 0) is 24.1 Å². The van der Waals surface area contributed by atoms with Crippen molar-refractivity contribution in [2.24, 2.45) is 0 Å². The van der Waals surface area contributed by atoms with E-state index in [9.17, 15) is 0 Å². The SMILES string of the molecule is c1ccc(CC2CN(Cc3cccnn3)CCN2)cc1. The van der Waals surface area contributed by atoms with Crippen molar-refractivity contribution in [3.63, 3.8) is 0 Å². The third-order valence-corrected chi connectivity index (χ3v) is 3.68. The van der Waals surface area contributed by atoms with E-state index in [1.807, 2.05) is 12.1 Å². The van der Waals surface area contributed by atoms with E-state index in [0.717, 1.165) is 38.3 Å². The third kappa shape index (κ3) is 3.62. The van der Waals surface area contributed by atoms with Gasteiger partial charge in [0.25, 0.3) is 0 Å². The number of nitrogens with one attached hydrogen (secondary N) is 1. The molecule has 1 N–H and O–H groups in total. The van der Waals surface area contributed by atoms with Crippen LogP contribution in [0.25, 0.3) is 0 Å². The molecule has 0 bridgehead atoms. The summed E-state index contributed by atoms with van der Waals surface area (Å²) in [5.41, 5.74) is 2.44. The minimum absolute atomic E-state index is 0.517. The highest BCUT2D eigenvalue weighted by molar-refractivity contribution is 5.16. The molecule has 1 saturated heterocycles. The molecule has 1 fully saturated rings. The first kappa shape index (κ1) is 13.2. The van der Waals surface area contributed by atoms with E-state index in [0.29, 0.717) is 6.04 Å². The molecule has 0 radical (unpaired) electrons. The van der Waals surface area contributed by atoms with Crippen molar-refractivity contribution in [3.05, 3.63) is 59.9 Å². The number of rotatable bonds is 4. The fourth-order valence-corrected chi connectivity index (χ4v) is 2.72. The Labute approximate surface area is 119 Å². The van der Waals surface area contributed by atoms with Gasteiger partial charge in [-0.25, -0.2) is 0 Å². The van der Waals surface area contributed by atoms with Crippen LogP contribution in [0.3, 0.4) is 0 Å². The van der Waals surface area contributed by atoms with Gasteiger partial charge < -0.3 is 5.32 Å². The molecule has 2 aromatic rings. The molecule has 1 atom stereocenters. The fourth-order valence-electron chi connectivity index (χ4n) is 2.72. The van der Waals surface area contributed by atoms with Crippen LogP contribution in [-0.4, -0.2) is 40.8 Å². The van der Waals surface area contributed by atoms with E-state index in [4.69, 9.17) is 0 Å². The van der Waals surface area contributed by atoms with Crippen LogP contribution in [0.4, 0.5) is 0 Å². The van der Waals surface area contributed by atoms with Gasteiger partial charge in [0.2, 0.25) is 0 Å². The first-order valence-corrected chi connectivity index (χ1v) is 7.16. The van der Waals surface area contributed by atoms with Gasteiger partial charge in [-0.3, -0.25) is 4.90 Å². The van der Waals surface area contributed by atoms with Gasteiger partial charge in [-0.2, -0.15) is 10.2 Å². The molecule has 3 rings (SSSR count). The maximum Gasteiger partial charge on any atom is 0.0771 e. The molecule has 0 amide bonds. The summed E-state index contributed by atoms with van der Waals surface area (Å²) in [6, 6.07) is 15.2. The Morgan fingerprint density at radius 2 is 2.05 bits per heavy atom. The summed E-state index contributed by atoms with van der Waals surface area (Å²) in [6.45, 7) is 4.06. The molecule has 4 nitrogen and oxygen atoms in total. The van der Waals surface area contributed by atoms with Gasteiger partial charge in [-0.1, -0.05) is 30.3 Å². The molecule has 20 heavy (non-hydrogen) atoms. The first-order chi connectivity index (χ1) is 9.90. The molecule has 4 heteroatoms. The molecule has 1 unspecified atom stereocenters. The van der Waals surface area contributed by atoms with Gasteiger partial charge >= 0.3 is 0 Å². The topological polar surface area (TPSA) is 41.1 Å². The quantitative estimate of drug-likeness (QED) is 0.912. The average Bonchev–Trinajstić information content (AvgIpc) is 2.50. The lowest BCUT2D eigenvalue weighted by molar-refractivity contribution is 0.189. The van der Waals surface area contributed by atoms with E-state index >= 15 is 0 Å². The zero-order valence-electron chi connectivity index (χ0n) is 11.6. The molecule has 1 aromatic heterocycles. The van der Waals surface area contributed by atoms with Crippen LogP contribution in [0.15, 0.2) is 48.7 Å². The second kappa shape index (κ2) is 6.59. The first-order valence-electron chi connectivity index (χ1n) is 7.16. The summed E-state index contributed by atoms with van der Waals surface area (Å²) < 4.78 is 0. The Kier molecular flexibility index (Phi) is 4.35. The lowest BCUT2D eigenvalue weighted by atomic mass is 10.0. The van der Waals surface area contributed by atoms with Crippen molar-refractivity contribution < 1.29 is 0 Å². The highest BCUT2D eigenvalue weighted by Gasteiger charge is 2.19. The van der Waals surface area contributed by atoms with E-state index in [2.05, 4.69) is 50.7 Å². The minimum Gasteiger partial charge on any atom is -0.311 e. The van der Waals surface area contributed by atoms with E-state index in [-0.39, 0.29) is 0 Å². The monoisotopic (exact) mass is 268 g/mol. The zero-order valence-corrected chi connectivity index (χ0v) is 11.6. The van der Waals surface area contributed by atoms with Gasteiger partial charge in [0, 0.05) is 38.4 Å². The van der Waals surface area contributed by atoms with Gasteiger partial charge in [0.1, 0.15) is 0 Å². The van der Waals surface area contributed by atoms with Crippen LogP contribution < -0.4 is 5.32 Å². The summed E-state index contributed by atoms with van der Waals surface area (Å²) in [5.74, 6) is 0. The van der Waals surface area contributed by atoms with Crippen LogP contribution in [0.1, 0.15) is 11.3 Å². The highest BCUT2D eigenvalue weighted by atomic mass is 15.2. The molecular formula is C16H20N4. The largest absolute Gasteiger partial charge is 0.311 e. The molecule has 1 aliphatic heterocycles. The Balaban J connectivity index is 1.57. The smallest absolute Gasteiger partial charge is 0.0771 e. The lowest BCUT2D eigenvalue weighted by Gasteiger charge is -2.33. The predicted octanol–water partition coefficient (Wildman–Crippen LogP) is 1.49. The molecule has 104 valence electrons. The molecule has 0 spiro atoms. The second-order valence-electron chi connectivity index (χ2n) is 5.29. The van der Waals surface area contributed by atoms with Gasteiger partial charge in [0.05, 0.1) is 5.69 Å². The normalized spacial score (nSPS) is 19.9. The molecule has 0 saturated carbocycles. The van der Waals surface area contributed by atoms with Crippen LogP contribution in [0, 0.1) is 0 Å². The Morgan fingerprint density at radius 1 is 1.15 bits per heavy atom. The van der Waals surface area contributed by atoms with E-state index < -0.39 is 0 Å². The number of hydrogen-bond donors (Lipinski definition) is 1. The summed E-state index contributed by atoms with van der Waals surface area (Å²) in [5, 5.41) is 11.7. The van der Waals surface area contributed by atoms with E-state index in [1.54, 1.807) is 6.20 Å². The van der Waals surface area contributed by atoms with Crippen LogP contribution in [0.2, 0.25) is 0 Å². The van der Waals surface area contributed by atoms with Crippen molar-refractivity contribution in [3.8, 4) is 0 Å². The van der Waals surface area contributed by atoms with Crippen molar-refractivity contribution in [2.45, 2.75) is 19.0 Å². The van der Waals surface area contributed by atoms with Gasteiger partial charge in [-0.15, -0.1) is 0 Å². The second-order valence-corrected chi connectivity index (χ2v) is 5.29. The van der Waals surface area contributed by atoms with Crippen LogP contribution >= 0.6 is 0 Å². The van der Waals surface area contributed by atoms with Crippen molar-refractivity contribution in [1.29, 1.82) is 0 Å². The number of aromatic nitrogens is 2. The predicted molar refractivity (Wildman–Crippen MR) is 79.2 cm³/mol. The number of piperazine rings is 1. The molecular weight excluding hydrogens is 248 g/mol. The summed E-state index contributed by atoms with van der Waals surface area (Å²) in [4.78, 5) is 2.45. The maximum atomic E-state index is 4.17. The fraction of sp³-hybridized carbons (Fsp3) is 0.375. The summed E-state index contributed by atoms with van der Waals surface area (Å²) in [6.07, 6.45) is 2.80. The number of hydrogen-bond acceptors (Lipinski definition) is 4. The summed E-state index contributed by atoms with van der Waals surface area (Å²) >= 11 is 0. The Morgan fingerprint density at radius 3 is 2.85 bits per heavy atom. The Bertz CT molecular complexity index is 467. The maximum absolute atomic E-state index is 4.17. The van der Waals surface area contributed by atoms with E-state index in [1.165, 1.54) is 5.56 Å². The molecule has 2 heterocycles. The number of nitrogens with zero attached hydrogens (tertiary/aromatic N) is 3. The van der Waals surface area contributed by atoms with Crippen LogP contribution in [0.5, 0.6) is 0 Å². The van der Waals surface area contributed by atoms with Crippen molar-refractivity contribution in [1.82, 2.24) is 20.4 Å². The van der Waals surface area contributed by atoms with Crippen molar-refractivity contribution >= 4 is 0 Å². The number of benzene rings is 1. The molecule has 1 aromatic carbocycles. The van der Waals surface area contributed by atoms with Gasteiger partial charge in [0.15, 0.2) is 0 Å². The zero-order chi connectivity index (χ0) is 13.6. The highest BCUT2D eigenvalue weighted by Crippen LogP contribution is 2.09. The average molecular weight is 268 g/mol. The summed E-state index contributed by atoms with van der Waals surface area (Å²) in [7, 11) is 0. The van der Waals surface area contributed by atoms with Crippen LogP contribution in [-0.2, 0) is 13.0 Å². The van der Waals surface area contributed by atoms with Crippen molar-refractivity contribution in [2.75, 3.05) is 19.6 Å². The Hall–Kier alpha value is -1.78.